The molecule has 1 amide bonds. The predicted molar refractivity (Wildman–Crippen MR) is 97.7 cm³/mol. The summed E-state index contributed by atoms with van der Waals surface area (Å²) in [5.41, 5.74) is 0.514. The minimum absolute atomic E-state index is 0.0724. The number of carbonyl (C=O) groups is 1. The van der Waals surface area contributed by atoms with Gasteiger partial charge in [0.2, 0.25) is 5.91 Å². The van der Waals surface area contributed by atoms with E-state index in [0.29, 0.717) is 22.4 Å². The Morgan fingerprint density at radius 3 is 2.72 bits per heavy atom. The van der Waals surface area contributed by atoms with Gasteiger partial charge in [-0.05, 0) is 30.7 Å². The summed E-state index contributed by atoms with van der Waals surface area (Å²) in [6.07, 6.45) is 1.87. The molecule has 25 heavy (non-hydrogen) atoms. The molecular formula is C14H14N4O4S3. The van der Waals surface area contributed by atoms with Crippen LogP contribution in [0.2, 0.25) is 0 Å². The smallest absolute Gasteiger partial charge is 0.263 e. The Balaban J connectivity index is 1.72. The molecule has 1 fully saturated rings. The third-order valence-electron chi connectivity index (χ3n) is 3.20. The average Bonchev–Trinajstić information content (AvgIpc) is 3.18. The highest BCUT2D eigenvalue weighted by Gasteiger charge is 2.29. The Bertz CT molecular complexity index is 879. The van der Waals surface area contributed by atoms with Crippen LogP contribution in [-0.4, -0.2) is 41.4 Å². The van der Waals surface area contributed by atoms with Gasteiger partial charge < -0.3 is 10.4 Å². The van der Waals surface area contributed by atoms with E-state index in [1.165, 1.54) is 41.4 Å². The fourth-order valence-electron chi connectivity index (χ4n) is 2.03. The predicted octanol–water partition coefficient (Wildman–Crippen LogP) is 1.55. The molecule has 8 nitrogen and oxygen atoms in total. The zero-order chi connectivity index (χ0) is 17.9. The molecule has 1 unspecified atom stereocenters. The number of anilines is 1. The van der Waals surface area contributed by atoms with Crippen molar-refractivity contribution in [3.05, 3.63) is 35.8 Å². The van der Waals surface area contributed by atoms with Crippen LogP contribution < -0.4 is 10.0 Å². The van der Waals surface area contributed by atoms with Crippen LogP contribution in [0, 0.1) is 0 Å². The Morgan fingerprint density at radius 1 is 1.32 bits per heavy atom. The first-order valence-corrected chi connectivity index (χ1v) is 10.4. The minimum Gasteiger partial charge on any atom is -0.396 e. The number of thiazole rings is 1. The number of amidine groups is 1. The van der Waals surface area contributed by atoms with Crippen LogP contribution in [0.25, 0.3) is 0 Å². The zero-order valence-corrected chi connectivity index (χ0v) is 15.2. The molecule has 1 aliphatic heterocycles. The number of aliphatic hydroxyl groups excluding tert-OH is 1. The van der Waals surface area contributed by atoms with E-state index in [1.807, 2.05) is 0 Å². The first-order chi connectivity index (χ1) is 12.0. The normalized spacial score (nSPS) is 19.2. The number of nitrogens with one attached hydrogen (secondary N) is 2. The maximum Gasteiger partial charge on any atom is 0.263 e. The number of aliphatic imine (C=N–C) groups is 1. The Labute approximate surface area is 152 Å². The third kappa shape index (κ3) is 4.37. The summed E-state index contributed by atoms with van der Waals surface area (Å²) in [4.78, 5) is 19.9. The zero-order valence-electron chi connectivity index (χ0n) is 12.7. The van der Waals surface area contributed by atoms with Crippen molar-refractivity contribution >= 4 is 55.0 Å². The van der Waals surface area contributed by atoms with Crippen molar-refractivity contribution in [3.63, 3.8) is 0 Å². The summed E-state index contributed by atoms with van der Waals surface area (Å²) in [5.74, 6) is -0.190. The molecule has 2 heterocycles. The van der Waals surface area contributed by atoms with Crippen molar-refractivity contribution in [2.45, 2.75) is 16.6 Å². The molecule has 3 N–H and O–H groups in total. The van der Waals surface area contributed by atoms with Gasteiger partial charge in [-0.3, -0.25) is 9.52 Å². The highest BCUT2D eigenvalue weighted by molar-refractivity contribution is 8.15. The lowest BCUT2D eigenvalue weighted by Gasteiger charge is -2.05. The second-order valence-corrected chi connectivity index (χ2v) is 8.73. The number of carbonyl (C=O) groups excluding carboxylic acids is 1. The van der Waals surface area contributed by atoms with Gasteiger partial charge in [-0.15, -0.1) is 11.3 Å². The number of sulfonamides is 1. The molecule has 0 bridgehead atoms. The third-order valence-corrected chi connectivity index (χ3v) is 6.52. The van der Waals surface area contributed by atoms with E-state index >= 15 is 0 Å². The number of aliphatic hydroxyl groups is 1. The van der Waals surface area contributed by atoms with Crippen LogP contribution in [0.15, 0.2) is 45.7 Å². The highest BCUT2D eigenvalue weighted by Crippen LogP contribution is 2.26. The summed E-state index contributed by atoms with van der Waals surface area (Å²) in [6, 6.07) is 5.97. The summed E-state index contributed by atoms with van der Waals surface area (Å²) in [6.45, 7) is -0.0724. The van der Waals surface area contributed by atoms with Crippen molar-refractivity contribution in [2.24, 2.45) is 4.99 Å². The van der Waals surface area contributed by atoms with Gasteiger partial charge in [-0.2, -0.15) is 0 Å². The Kier molecular flexibility index (Phi) is 5.37. The number of rotatable bonds is 6. The van der Waals surface area contributed by atoms with Gasteiger partial charge in [0.25, 0.3) is 10.0 Å². The number of aromatic nitrogens is 1. The molecule has 0 aliphatic carbocycles. The van der Waals surface area contributed by atoms with E-state index in [0.717, 1.165) is 0 Å². The van der Waals surface area contributed by atoms with Crippen LogP contribution in [0.5, 0.6) is 0 Å². The van der Waals surface area contributed by atoms with E-state index in [1.54, 1.807) is 17.5 Å². The molecule has 1 aliphatic rings. The maximum absolute atomic E-state index is 12.2. The lowest BCUT2D eigenvalue weighted by molar-refractivity contribution is -0.119. The first kappa shape index (κ1) is 17.9. The topological polar surface area (TPSA) is 121 Å². The quantitative estimate of drug-likeness (QED) is 0.679. The summed E-state index contributed by atoms with van der Waals surface area (Å²) in [7, 11) is -3.71. The molecule has 132 valence electrons. The number of thioether (sulfide) groups is 1. The molecule has 1 saturated heterocycles. The molecule has 2 aromatic rings. The molecule has 1 aromatic heterocycles. The Morgan fingerprint density at radius 2 is 2.08 bits per heavy atom. The lowest BCUT2D eigenvalue weighted by atomic mass is 10.3. The second-order valence-electron chi connectivity index (χ2n) is 4.96. The molecule has 11 heteroatoms. The van der Waals surface area contributed by atoms with Crippen LogP contribution in [0.1, 0.15) is 6.42 Å². The van der Waals surface area contributed by atoms with Crippen molar-refractivity contribution in [2.75, 3.05) is 11.3 Å². The first-order valence-electron chi connectivity index (χ1n) is 7.17. The fourth-order valence-corrected chi connectivity index (χ4v) is 4.80. The summed E-state index contributed by atoms with van der Waals surface area (Å²) >= 11 is 2.43. The van der Waals surface area contributed by atoms with E-state index in [-0.39, 0.29) is 22.7 Å². The van der Waals surface area contributed by atoms with Crippen molar-refractivity contribution in [1.29, 1.82) is 0 Å². The Hall–Kier alpha value is -1.95. The van der Waals surface area contributed by atoms with Crippen LogP contribution in [-0.2, 0) is 14.8 Å². The van der Waals surface area contributed by atoms with E-state index in [2.05, 4.69) is 20.0 Å². The molecular weight excluding hydrogens is 384 g/mol. The average molecular weight is 398 g/mol. The second kappa shape index (κ2) is 7.52. The van der Waals surface area contributed by atoms with Crippen molar-refractivity contribution < 1.29 is 18.3 Å². The van der Waals surface area contributed by atoms with E-state index < -0.39 is 10.0 Å². The van der Waals surface area contributed by atoms with Crippen LogP contribution in [0.3, 0.4) is 0 Å². The van der Waals surface area contributed by atoms with Crippen LogP contribution >= 0.6 is 23.1 Å². The highest BCUT2D eigenvalue weighted by atomic mass is 32.2. The van der Waals surface area contributed by atoms with Gasteiger partial charge in [-0.1, -0.05) is 11.8 Å². The van der Waals surface area contributed by atoms with Gasteiger partial charge in [0.05, 0.1) is 15.8 Å². The standard InChI is InChI=1S/C14H14N4O4S3/c19-7-5-11-12(20)17-14(24-11)16-9-1-3-10(4-2-9)25(21,22)18-13-15-6-8-23-13/h1-4,6,8,11,19H,5,7H2,(H,15,18)(H,16,17,20). The SMILES string of the molecule is O=C1NC(=Nc2ccc(S(=O)(=O)Nc3nccs3)cc2)SC1CCO. The van der Waals surface area contributed by atoms with Gasteiger partial charge in [0.1, 0.15) is 0 Å². The van der Waals surface area contributed by atoms with Crippen molar-refractivity contribution in [3.8, 4) is 0 Å². The molecule has 1 atom stereocenters. The van der Waals surface area contributed by atoms with Gasteiger partial charge in [0.15, 0.2) is 10.3 Å². The molecule has 3 rings (SSSR count). The number of hydrogen-bond donors (Lipinski definition) is 3. The molecule has 0 radical (unpaired) electrons. The van der Waals surface area contributed by atoms with Gasteiger partial charge in [0, 0.05) is 18.2 Å². The van der Waals surface area contributed by atoms with E-state index in [4.69, 9.17) is 5.11 Å². The van der Waals surface area contributed by atoms with Crippen LogP contribution in [0.4, 0.5) is 10.8 Å². The summed E-state index contributed by atoms with van der Waals surface area (Å²) < 4.78 is 26.9. The van der Waals surface area contributed by atoms with E-state index in [9.17, 15) is 13.2 Å². The number of hydrogen-bond acceptors (Lipinski definition) is 8. The monoisotopic (exact) mass is 398 g/mol. The molecule has 0 saturated carbocycles. The summed E-state index contributed by atoms with van der Waals surface area (Å²) in [5, 5.41) is 13.6. The maximum atomic E-state index is 12.2. The molecule has 0 spiro atoms. The van der Waals surface area contributed by atoms with Crippen molar-refractivity contribution in [1.82, 2.24) is 10.3 Å². The molecule has 1 aromatic carbocycles. The largest absolute Gasteiger partial charge is 0.396 e. The number of nitrogens with zero attached hydrogens (tertiary/aromatic N) is 2. The lowest BCUT2D eigenvalue weighted by Crippen LogP contribution is -2.25. The van der Waals surface area contributed by atoms with Gasteiger partial charge in [-0.25, -0.2) is 18.4 Å². The number of amides is 1. The number of benzene rings is 1. The van der Waals surface area contributed by atoms with Gasteiger partial charge >= 0.3 is 0 Å². The fraction of sp³-hybridized carbons (Fsp3) is 0.214. The minimum atomic E-state index is -3.71.